The van der Waals surface area contributed by atoms with Gasteiger partial charge >= 0.3 is 6.18 Å². The zero-order valence-electron chi connectivity index (χ0n) is 21.0. The first kappa shape index (κ1) is 26.6. The van der Waals surface area contributed by atoms with Gasteiger partial charge in [-0.3, -0.25) is 15.2 Å². The Morgan fingerprint density at radius 2 is 1.63 bits per heavy atom. The van der Waals surface area contributed by atoms with Gasteiger partial charge in [-0.1, -0.05) is 18.2 Å². The number of fused-ring (bicyclic) bond motifs is 1. The van der Waals surface area contributed by atoms with Crippen LogP contribution >= 0.6 is 0 Å². The van der Waals surface area contributed by atoms with Crippen LogP contribution in [0.3, 0.4) is 0 Å². The van der Waals surface area contributed by atoms with E-state index in [9.17, 15) is 18.0 Å². The van der Waals surface area contributed by atoms with E-state index in [1.54, 1.807) is 0 Å². The molecule has 2 unspecified atom stereocenters. The van der Waals surface area contributed by atoms with E-state index >= 15 is 0 Å². The molecule has 11 heteroatoms. The number of hydrogen-bond acceptors (Lipinski definition) is 7. The number of alkyl halides is 3. The predicted octanol–water partition coefficient (Wildman–Crippen LogP) is 4.62. The van der Waals surface area contributed by atoms with Crippen molar-refractivity contribution in [2.75, 3.05) is 48.2 Å². The van der Waals surface area contributed by atoms with Crippen LogP contribution in [-0.2, 0) is 15.7 Å². The minimum atomic E-state index is -4.73. The first-order valence-electron chi connectivity index (χ1n) is 13.0. The minimum Gasteiger partial charge on any atom is -0.382 e. The van der Waals surface area contributed by atoms with Crippen LogP contribution in [0, 0.1) is 11.8 Å². The molecule has 3 N–H and O–H groups in total. The first-order chi connectivity index (χ1) is 18.2. The van der Waals surface area contributed by atoms with Crippen LogP contribution in [-0.4, -0.2) is 66.2 Å². The Hall–Kier alpha value is -3.02. The van der Waals surface area contributed by atoms with Crippen LogP contribution in [0.1, 0.15) is 31.2 Å². The maximum absolute atomic E-state index is 13.3. The number of anilines is 3. The van der Waals surface area contributed by atoms with E-state index in [-0.39, 0.29) is 30.3 Å². The number of ether oxygens (including phenoxy) is 1. The largest absolute Gasteiger partial charge is 0.418 e. The Balaban J connectivity index is 1.05. The third kappa shape index (κ3) is 6.00. The lowest BCUT2D eigenvalue weighted by Crippen LogP contribution is -2.37. The summed E-state index contributed by atoms with van der Waals surface area (Å²) in [6, 6.07) is 13.6. The van der Waals surface area contributed by atoms with E-state index in [2.05, 4.69) is 22.3 Å². The molecule has 0 spiro atoms. The molecule has 5 rings (SSSR count). The molecule has 3 aliphatic rings. The maximum atomic E-state index is 13.3. The number of rotatable bonds is 7. The molecule has 2 heterocycles. The summed E-state index contributed by atoms with van der Waals surface area (Å²) in [5.41, 5.74) is -0.386. The molecular weight excluding hydrogens is 501 g/mol. The maximum Gasteiger partial charge on any atom is 0.418 e. The van der Waals surface area contributed by atoms with Gasteiger partial charge in [0.15, 0.2) is 0 Å². The van der Waals surface area contributed by atoms with Crippen molar-refractivity contribution < 1.29 is 33.1 Å². The van der Waals surface area contributed by atoms with E-state index in [0.29, 0.717) is 37.5 Å². The number of nitrogens with zero attached hydrogens (tertiary/aromatic N) is 3. The summed E-state index contributed by atoms with van der Waals surface area (Å²) in [6.45, 7) is 3.50. The van der Waals surface area contributed by atoms with Crippen LogP contribution in [0.25, 0.3) is 0 Å². The Morgan fingerprint density at radius 1 is 0.974 bits per heavy atom. The molecule has 2 aromatic rings. The zero-order valence-corrected chi connectivity index (χ0v) is 21.0. The highest BCUT2D eigenvalue weighted by molar-refractivity contribution is 5.78. The van der Waals surface area contributed by atoms with Gasteiger partial charge in [-0.05, 0) is 56.0 Å². The van der Waals surface area contributed by atoms with Gasteiger partial charge in [0, 0.05) is 55.4 Å². The number of nitrogens with one attached hydrogen (secondary N) is 1. The highest BCUT2D eigenvalue weighted by Gasteiger charge is 2.41. The Kier molecular flexibility index (Phi) is 7.69. The molecule has 8 nitrogen and oxygen atoms in total. The van der Waals surface area contributed by atoms with Crippen molar-refractivity contribution in [2.24, 2.45) is 11.8 Å². The second-order valence-corrected chi connectivity index (χ2v) is 10.5. The van der Waals surface area contributed by atoms with Crippen molar-refractivity contribution in [2.45, 2.75) is 44.0 Å². The summed E-state index contributed by atoms with van der Waals surface area (Å²) in [4.78, 5) is 17.1. The summed E-state index contributed by atoms with van der Waals surface area (Å²) in [7, 11) is 0. The Morgan fingerprint density at radius 3 is 2.24 bits per heavy atom. The van der Waals surface area contributed by atoms with Crippen LogP contribution < -0.4 is 15.4 Å². The SMILES string of the molecule is O=C(COC1CCC(Nc2ccc(N(O)O)c(C(F)(F)F)c2)CC1)N1CC2CN(c3ccccc3)CC2C1. The van der Waals surface area contributed by atoms with Crippen molar-refractivity contribution in [3.63, 3.8) is 0 Å². The monoisotopic (exact) mass is 534 g/mol. The van der Waals surface area contributed by atoms with Gasteiger partial charge < -0.3 is 19.9 Å². The van der Waals surface area contributed by atoms with Crippen molar-refractivity contribution >= 4 is 23.0 Å². The van der Waals surface area contributed by atoms with Gasteiger partial charge in [0.2, 0.25) is 5.91 Å². The molecule has 0 aromatic heterocycles. The highest BCUT2D eigenvalue weighted by atomic mass is 19.4. The zero-order chi connectivity index (χ0) is 26.9. The second-order valence-electron chi connectivity index (χ2n) is 10.5. The summed E-state index contributed by atoms with van der Waals surface area (Å²) in [5.74, 6) is 0.975. The number of benzene rings is 2. The fourth-order valence-corrected chi connectivity index (χ4v) is 5.96. The summed E-state index contributed by atoms with van der Waals surface area (Å²) in [6.07, 6.45) is -2.00. The minimum absolute atomic E-state index is 0.0208. The van der Waals surface area contributed by atoms with Gasteiger partial charge in [-0.2, -0.15) is 13.2 Å². The number of carbonyl (C=O) groups is 1. The Labute approximate surface area is 219 Å². The molecule has 0 bridgehead atoms. The third-order valence-electron chi connectivity index (χ3n) is 7.97. The first-order valence-corrected chi connectivity index (χ1v) is 13.0. The molecule has 38 heavy (non-hydrogen) atoms. The highest BCUT2D eigenvalue weighted by Crippen LogP contribution is 2.38. The van der Waals surface area contributed by atoms with Crippen molar-refractivity contribution in [3.05, 3.63) is 54.1 Å². The number of likely N-dealkylation sites (tertiary alicyclic amines) is 1. The van der Waals surface area contributed by atoms with Crippen LogP contribution in [0.15, 0.2) is 48.5 Å². The molecule has 2 atom stereocenters. The lowest BCUT2D eigenvalue weighted by molar-refractivity contribution is -0.139. The van der Waals surface area contributed by atoms with Crippen LogP contribution in [0.2, 0.25) is 0 Å². The lowest BCUT2D eigenvalue weighted by atomic mass is 9.92. The molecule has 206 valence electrons. The number of amides is 1. The fraction of sp³-hybridized carbons (Fsp3) is 0.519. The molecule has 1 saturated carbocycles. The second kappa shape index (κ2) is 11.0. The molecule has 2 saturated heterocycles. The number of halogens is 3. The van der Waals surface area contributed by atoms with Gasteiger partial charge in [-0.25, -0.2) is 0 Å². The smallest absolute Gasteiger partial charge is 0.382 e. The quantitative estimate of drug-likeness (QED) is 0.447. The Bertz CT molecular complexity index is 1100. The van der Waals surface area contributed by atoms with E-state index in [0.717, 1.165) is 38.3 Å². The summed E-state index contributed by atoms with van der Waals surface area (Å²) >= 11 is 0. The van der Waals surface area contributed by atoms with Crippen molar-refractivity contribution in [1.29, 1.82) is 0 Å². The van der Waals surface area contributed by atoms with E-state index in [4.69, 9.17) is 15.2 Å². The molecular formula is C27H33F3N4O4. The average Bonchev–Trinajstić information content (AvgIpc) is 3.48. The summed E-state index contributed by atoms with van der Waals surface area (Å²) in [5, 5.41) is 20.8. The third-order valence-corrected chi connectivity index (χ3v) is 7.97. The molecule has 3 fully saturated rings. The summed E-state index contributed by atoms with van der Waals surface area (Å²) < 4.78 is 45.9. The normalized spacial score (nSPS) is 25.4. The van der Waals surface area contributed by atoms with E-state index in [1.165, 1.54) is 11.8 Å². The predicted molar refractivity (Wildman–Crippen MR) is 135 cm³/mol. The molecule has 1 aliphatic carbocycles. The molecule has 2 aliphatic heterocycles. The van der Waals surface area contributed by atoms with E-state index in [1.807, 2.05) is 23.1 Å². The van der Waals surface area contributed by atoms with E-state index < -0.39 is 22.7 Å². The number of para-hydroxylation sites is 1. The van der Waals surface area contributed by atoms with Gasteiger partial charge in [0.05, 0.1) is 11.7 Å². The fourth-order valence-electron chi connectivity index (χ4n) is 5.96. The molecule has 1 amide bonds. The number of hydrogen-bond donors (Lipinski definition) is 3. The average molecular weight is 535 g/mol. The number of carbonyl (C=O) groups excluding carboxylic acids is 1. The van der Waals surface area contributed by atoms with Gasteiger partial charge in [0.25, 0.3) is 0 Å². The standard InChI is InChI=1S/C27H33F3N4O4/c28-27(29,30)24-12-21(8-11-25(24)34(36)37)31-20-6-9-23(10-7-20)38-17-26(35)33-15-18-13-32(14-19(18)16-33)22-4-2-1-3-5-22/h1-5,8,11-12,18-20,23,31,36-37H,6-7,9-10,13-17H2. The molecule has 0 radical (unpaired) electrons. The van der Waals surface area contributed by atoms with Crippen LogP contribution in [0.5, 0.6) is 0 Å². The van der Waals surface area contributed by atoms with Crippen molar-refractivity contribution in [1.82, 2.24) is 4.90 Å². The lowest BCUT2D eigenvalue weighted by Gasteiger charge is -2.30. The van der Waals surface area contributed by atoms with Gasteiger partial charge in [-0.15, -0.1) is 5.23 Å². The van der Waals surface area contributed by atoms with Gasteiger partial charge in [0.1, 0.15) is 12.3 Å². The van der Waals surface area contributed by atoms with Crippen molar-refractivity contribution in [3.8, 4) is 0 Å². The topological polar surface area (TPSA) is 88.5 Å². The molecule has 2 aromatic carbocycles. The van der Waals surface area contributed by atoms with Crippen LogP contribution in [0.4, 0.5) is 30.2 Å².